The number of nitrogens with zero attached hydrogens (tertiary/aromatic N) is 5. The maximum absolute atomic E-state index is 13.1. The number of phenols is 1. The number of aromatic nitrogens is 3. The largest absolute Gasteiger partial charge is 1.00 e. The van der Waals surface area contributed by atoms with E-state index in [0.717, 1.165) is 30.3 Å². The van der Waals surface area contributed by atoms with Gasteiger partial charge in [0.15, 0.2) is 5.75 Å². The number of rotatable bonds is 12. The third-order valence-electron chi connectivity index (χ3n) is 7.72. The van der Waals surface area contributed by atoms with Crippen LogP contribution in [0.15, 0.2) is 121 Å². The van der Waals surface area contributed by atoms with Crippen molar-refractivity contribution < 1.29 is 180 Å². The predicted octanol–water partition coefficient (Wildman–Crippen LogP) is -7.83. The molecule has 0 saturated heterocycles. The average Bonchev–Trinajstić information content (AvgIpc) is 3.13. The molecular weight excluding hydrogens is 976 g/mol. The van der Waals surface area contributed by atoms with Crippen LogP contribution in [0.1, 0.15) is 10.4 Å². The van der Waals surface area contributed by atoms with Gasteiger partial charge in [-0.25, -0.2) is 33.7 Å². The van der Waals surface area contributed by atoms with Crippen molar-refractivity contribution in [3.63, 3.8) is 0 Å². The van der Waals surface area contributed by atoms with Crippen LogP contribution in [0.3, 0.4) is 0 Å². The molecule has 6 aromatic rings. The minimum Gasteiger partial charge on any atom is -0.744 e. The summed E-state index contributed by atoms with van der Waals surface area (Å²) in [4.78, 5) is 21.0. The van der Waals surface area contributed by atoms with Crippen LogP contribution in [0.25, 0.3) is 10.8 Å². The zero-order valence-electron chi connectivity index (χ0n) is 32.7. The topological polar surface area (TPSA) is 366 Å². The first-order valence-corrected chi connectivity index (χ1v) is 21.6. The molecule has 0 saturated carbocycles. The molecule has 0 bridgehead atoms. The average molecular weight is 995 g/mol. The summed E-state index contributed by atoms with van der Waals surface area (Å²) in [6.07, 6.45) is 0. The normalized spacial score (nSPS) is 11.6. The Kier molecular flexibility index (Phi) is 20.3. The molecule has 0 aliphatic carbocycles. The summed E-state index contributed by atoms with van der Waals surface area (Å²) in [6, 6.07) is 16.2. The van der Waals surface area contributed by atoms with Gasteiger partial charge < -0.3 is 39.3 Å². The maximum Gasteiger partial charge on any atom is 1.00 e. The number of halogens is 1. The van der Waals surface area contributed by atoms with Gasteiger partial charge in [-0.2, -0.15) is 15.0 Å². The third-order valence-corrected chi connectivity index (χ3v) is 11.3. The SMILES string of the molecule is O=C(Nc1cc(S(=O)(=O)[O-])cc2cc(S(=O)(=O)[O-])c(/N=N/c3cc(Nc4nc(Cl)nc(Nc5ccc(S(=O)(=O)[O-])cc5)n4)ccc3S(=O)(=O)[O-])c(O)c12)c1ccccc1.[Na+].[Na+].[Na+].[Na+]. The number of carbonyl (C=O) groups excluding carboxylic acids is 1. The van der Waals surface area contributed by atoms with Gasteiger partial charge in [0.05, 0.1) is 25.3 Å². The zero-order chi connectivity index (χ0) is 43.1. The monoisotopic (exact) mass is 994 g/mol. The number of fused-ring (bicyclic) bond motifs is 1. The van der Waals surface area contributed by atoms with E-state index in [0.29, 0.717) is 18.2 Å². The number of azo groups is 1. The molecule has 306 valence electrons. The van der Waals surface area contributed by atoms with E-state index >= 15 is 0 Å². The number of benzene rings is 5. The summed E-state index contributed by atoms with van der Waals surface area (Å²) in [5, 5.41) is 24.8. The molecular formula is C32H19ClN8Na4O14S4. The molecule has 1 heterocycles. The van der Waals surface area contributed by atoms with E-state index in [1.165, 1.54) is 36.4 Å². The molecule has 4 N–H and O–H groups in total. The fourth-order valence-corrected chi connectivity index (χ4v) is 7.59. The number of phenolic OH excluding ortho intramolecular Hbond substituents is 1. The molecule has 0 fully saturated rings. The van der Waals surface area contributed by atoms with E-state index in [4.69, 9.17) is 11.6 Å². The van der Waals surface area contributed by atoms with Gasteiger partial charge in [0.25, 0.3) is 5.91 Å². The van der Waals surface area contributed by atoms with Gasteiger partial charge in [-0.3, -0.25) is 4.79 Å². The van der Waals surface area contributed by atoms with Crippen molar-refractivity contribution in [2.75, 3.05) is 16.0 Å². The summed E-state index contributed by atoms with van der Waals surface area (Å²) in [6.45, 7) is 0. The second-order valence-electron chi connectivity index (χ2n) is 11.7. The van der Waals surface area contributed by atoms with E-state index in [-0.39, 0.29) is 147 Å². The van der Waals surface area contributed by atoms with Crippen molar-refractivity contribution in [1.82, 2.24) is 15.0 Å². The number of carbonyl (C=O) groups is 1. The smallest absolute Gasteiger partial charge is 0.744 e. The Bertz CT molecular complexity index is 3200. The van der Waals surface area contributed by atoms with E-state index in [2.05, 4.69) is 41.1 Å². The standard InChI is InChI=1S/C32H23ClN8O14S4.4Na/c33-30-37-31(34-18-6-9-20(10-7-18)56(44,45)46)39-32(38-30)35-19-8-11-24(58(50,51)52)22(14-19)40-41-27-25(59(53,54)55)13-17-12-21(57(47,48)49)15-23(26(17)28(27)42)36-29(43)16-4-2-1-3-5-16;;;;/h1-15,42H,(H,36,43)(H,44,45,46)(H,47,48,49)(H,50,51,52)(H,53,54,55)(H2,34,35,37,38,39);;;;/q;4*+1/p-4/b41-40+;;;;. The van der Waals surface area contributed by atoms with Gasteiger partial charge in [0.1, 0.15) is 51.8 Å². The Morgan fingerprint density at radius 1 is 0.603 bits per heavy atom. The molecule has 22 nitrogen and oxygen atoms in total. The van der Waals surface area contributed by atoms with Gasteiger partial charge >= 0.3 is 118 Å². The molecule has 0 unspecified atom stereocenters. The molecule has 0 spiro atoms. The van der Waals surface area contributed by atoms with Crippen LogP contribution in [-0.2, 0) is 40.5 Å². The molecule has 0 radical (unpaired) electrons. The van der Waals surface area contributed by atoms with Crippen LogP contribution in [-0.4, -0.2) is 77.8 Å². The van der Waals surface area contributed by atoms with Crippen LogP contribution < -0.4 is 134 Å². The Morgan fingerprint density at radius 2 is 1.14 bits per heavy atom. The van der Waals surface area contributed by atoms with Crippen LogP contribution in [0.5, 0.6) is 5.75 Å². The van der Waals surface area contributed by atoms with E-state index in [1.54, 1.807) is 6.07 Å². The number of hydrogen-bond acceptors (Lipinski definition) is 21. The number of hydrogen-bond donors (Lipinski definition) is 4. The van der Waals surface area contributed by atoms with Crippen molar-refractivity contribution in [1.29, 1.82) is 0 Å². The third kappa shape index (κ3) is 14.4. The van der Waals surface area contributed by atoms with Crippen molar-refractivity contribution in [3.8, 4) is 5.75 Å². The van der Waals surface area contributed by atoms with E-state index in [1.807, 2.05) is 0 Å². The summed E-state index contributed by atoms with van der Waals surface area (Å²) in [5.41, 5.74) is -2.43. The summed E-state index contributed by atoms with van der Waals surface area (Å²) in [7, 11) is -21.1. The first-order valence-electron chi connectivity index (χ1n) is 15.6. The van der Waals surface area contributed by atoms with Gasteiger partial charge in [-0.05, 0) is 89.8 Å². The molecule has 31 heteroatoms. The number of nitrogens with one attached hydrogen (secondary N) is 3. The quantitative estimate of drug-likeness (QED) is 0.0502. The summed E-state index contributed by atoms with van der Waals surface area (Å²) >= 11 is 6.03. The van der Waals surface area contributed by atoms with E-state index in [9.17, 15) is 61.8 Å². The summed E-state index contributed by atoms with van der Waals surface area (Å²) in [5.74, 6) is -2.65. The van der Waals surface area contributed by atoms with Crippen molar-refractivity contribution in [3.05, 3.63) is 102 Å². The van der Waals surface area contributed by atoms with Gasteiger partial charge in [0.2, 0.25) is 17.2 Å². The van der Waals surface area contributed by atoms with Crippen molar-refractivity contribution in [2.24, 2.45) is 10.2 Å². The molecule has 1 aromatic heterocycles. The molecule has 5 aromatic carbocycles. The molecule has 1 amide bonds. The van der Waals surface area contributed by atoms with Crippen molar-refractivity contribution in [2.45, 2.75) is 19.6 Å². The Hall–Kier alpha value is -2.23. The van der Waals surface area contributed by atoms with E-state index < -0.39 is 105 Å². The minimum atomic E-state index is -5.66. The first kappa shape index (κ1) is 56.9. The molecule has 0 aliphatic rings. The van der Waals surface area contributed by atoms with Crippen LogP contribution in [0.2, 0.25) is 5.28 Å². The number of aromatic hydroxyl groups is 1. The first-order chi connectivity index (χ1) is 27.5. The zero-order valence-corrected chi connectivity index (χ0v) is 44.7. The van der Waals surface area contributed by atoms with Gasteiger partial charge in [0, 0.05) is 22.3 Å². The fourth-order valence-electron chi connectivity index (χ4n) is 5.19. The number of amides is 1. The fraction of sp³-hybridized carbons (Fsp3) is 0. The Morgan fingerprint density at radius 3 is 1.68 bits per heavy atom. The van der Waals surface area contributed by atoms with Crippen LogP contribution in [0, 0.1) is 0 Å². The summed E-state index contributed by atoms with van der Waals surface area (Å²) < 4.78 is 144. The van der Waals surface area contributed by atoms with Crippen LogP contribution >= 0.6 is 11.6 Å². The second kappa shape index (κ2) is 22.5. The minimum absolute atomic E-state index is 0. The predicted molar refractivity (Wildman–Crippen MR) is 200 cm³/mol. The van der Waals surface area contributed by atoms with Crippen molar-refractivity contribution >= 4 is 109 Å². The van der Waals surface area contributed by atoms with Crippen LogP contribution in [0.4, 0.5) is 40.3 Å². The Labute approximate surface area is 451 Å². The second-order valence-corrected chi connectivity index (χ2v) is 17.5. The molecule has 0 aliphatic heterocycles. The maximum atomic E-state index is 13.1. The molecule has 6 rings (SSSR count). The van der Waals surface area contributed by atoms with Gasteiger partial charge in [-0.1, -0.05) is 18.2 Å². The Balaban J connectivity index is 0.00000341. The molecule has 63 heavy (non-hydrogen) atoms. The molecule has 0 atom stereocenters. The number of anilines is 5. The van der Waals surface area contributed by atoms with Gasteiger partial charge in [-0.15, -0.1) is 10.2 Å².